The van der Waals surface area contributed by atoms with E-state index in [-0.39, 0.29) is 6.61 Å². The van der Waals surface area contributed by atoms with Crippen LogP contribution in [0.1, 0.15) is 17.0 Å². The second-order valence-corrected chi connectivity index (χ2v) is 7.56. The summed E-state index contributed by atoms with van der Waals surface area (Å²) in [5, 5.41) is 0.534. The quantitative estimate of drug-likeness (QED) is 0.365. The number of imidazole rings is 1. The van der Waals surface area contributed by atoms with Crippen molar-refractivity contribution in [3.05, 3.63) is 76.8 Å². The van der Waals surface area contributed by atoms with Gasteiger partial charge in [0.1, 0.15) is 29.5 Å². The van der Waals surface area contributed by atoms with E-state index in [0.29, 0.717) is 39.3 Å². The highest BCUT2D eigenvalue weighted by molar-refractivity contribution is 6.30. The van der Waals surface area contributed by atoms with Gasteiger partial charge in [-0.3, -0.25) is 9.97 Å². The maximum Gasteiger partial charge on any atom is 0.433 e. The van der Waals surface area contributed by atoms with Crippen molar-refractivity contribution >= 4 is 11.6 Å². The number of ether oxygens (including phenoxy) is 2. The Kier molecular flexibility index (Phi) is 6.24. The van der Waals surface area contributed by atoms with E-state index in [1.165, 1.54) is 13.2 Å². The monoisotopic (exact) mass is 474 g/mol. The Bertz CT molecular complexity index is 1260. The third kappa shape index (κ3) is 5.09. The molecule has 0 atom stereocenters. The molecular weight excluding hydrogens is 457 g/mol. The van der Waals surface area contributed by atoms with Crippen LogP contribution in [-0.4, -0.2) is 27.0 Å². The molecule has 0 saturated carbocycles. The molecule has 6 nitrogen and oxygen atoms in total. The van der Waals surface area contributed by atoms with Gasteiger partial charge < -0.3 is 14.5 Å². The first kappa shape index (κ1) is 22.6. The summed E-state index contributed by atoms with van der Waals surface area (Å²) in [4.78, 5) is 15.6. The number of pyridine rings is 2. The van der Waals surface area contributed by atoms with Crippen molar-refractivity contribution in [3.63, 3.8) is 0 Å². The molecule has 4 aromatic rings. The molecule has 0 unspecified atom stereocenters. The molecule has 0 amide bonds. The summed E-state index contributed by atoms with van der Waals surface area (Å²) >= 11 is 5.91. The number of benzene rings is 1. The highest BCUT2D eigenvalue weighted by Crippen LogP contribution is 2.35. The first-order chi connectivity index (χ1) is 15.7. The van der Waals surface area contributed by atoms with Gasteiger partial charge in [-0.15, -0.1) is 0 Å². The summed E-state index contributed by atoms with van der Waals surface area (Å²) in [6.45, 7) is 1.95. The first-order valence-electron chi connectivity index (χ1n) is 9.76. The average molecular weight is 475 g/mol. The molecule has 0 bridgehead atoms. The second-order valence-electron chi connectivity index (χ2n) is 7.12. The number of rotatable bonds is 6. The van der Waals surface area contributed by atoms with Gasteiger partial charge in [0.2, 0.25) is 0 Å². The molecule has 0 fully saturated rings. The smallest absolute Gasteiger partial charge is 0.433 e. The number of alkyl halides is 3. The van der Waals surface area contributed by atoms with E-state index in [2.05, 4.69) is 19.9 Å². The van der Waals surface area contributed by atoms with E-state index in [4.69, 9.17) is 21.1 Å². The molecule has 33 heavy (non-hydrogen) atoms. The fourth-order valence-corrected chi connectivity index (χ4v) is 3.27. The zero-order valence-electron chi connectivity index (χ0n) is 17.6. The maximum atomic E-state index is 12.7. The van der Waals surface area contributed by atoms with Crippen LogP contribution in [0, 0.1) is 6.92 Å². The molecule has 3 heterocycles. The van der Waals surface area contributed by atoms with Crippen molar-refractivity contribution in [3.8, 4) is 34.3 Å². The molecule has 170 valence electrons. The van der Waals surface area contributed by atoms with E-state index in [9.17, 15) is 13.2 Å². The van der Waals surface area contributed by atoms with Crippen LogP contribution in [0.3, 0.4) is 0 Å². The molecular formula is C23H18ClF3N4O2. The Morgan fingerprint density at radius 1 is 1.03 bits per heavy atom. The predicted octanol–water partition coefficient (Wildman–Crippen LogP) is 6.10. The number of methoxy groups -OCH3 is 1. The van der Waals surface area contributed by atoms with Gasteiger partial charge in [0.05, 0.1) is 17.8 Å². The summed E-state index contributed by atoms with van der Waals surface area (Å²) in [7, 11) is 1.53. The molecule has 3 aromatic heterocycles. The number of aryl methyl sites for hydroxylation is 1. The van der Waals surface area contributed by atoms with Crippen molar-refractivity contribution in [1.82, 2.24) is 19.9 Å². The number of aromatic nitrogens is 4. The highest BCUT2D eigenvalue weighted by Gasteiger charge is 2.32. The summed E-state index contributed by atoms with van der Waals surface area (Å²) in [5.74, 6) is 1.61. The minimum Gasteiger partial charge on any atom is -0.496 e. The third-order valence-corrected chi connectivity index (χ3v) is 5.03. The first-order valence-corrected chi connectivity index (χ1v) is 10.1. The van der Waals surface area contributed by atoms with E-state index >= 15 is 0 Å². The summed E-state index contributed by atoms with van der Waals surface area (Å²) in [5.41, 5.74) is 2.48. The molecule has 10 heteroatoms. The van der Waals surface area contributed by atoms with Gasteiger partial charge in [-0.2, -0.15) is 13.2 Å². The van der Waals surface area contributed by atoms with Crippen molar-refractivity contribution in [1.29, 1.82) is 0 Å². The Labute approximate surface area is 192 Å². The van der Waals surface area contributed by atoms with Crippen LogP contribution >= 0.6 is 11.6 Å². The fourth-order valence-electron chi connectivity index (χ4n) is 3.16. The topological polar surface area (TPSA) is 72.9 Å². The summed E-state index contributed by atoms with van der Waals surface area (Å²) in [6, 6.07) is 11.0. The predicted molar refractivity (Wildman–Crippen MR) is 117 cm³/mol. The molecule has 0 saturated heterocycles. The van der Waals surface area contributed by atoms with Crippen molar-refractivity contribution < 1.29 is 22.6 Å². The minimum absolute atomic E-state index is 0.0570. The number of halogens is 4. The molecule has 0 aliphatic heterocycles. The van der Waals surface area contributed by atoms with Crippen LogP contribution < -0.4 is 9.47 Å². The molecule has 1 aromatic carbocycles. The number of hydrogen-bond acceptors (Lipinski definition) is 5. The molecule has 0 spiro atoms. The molecule has 0 aliphatic rings. The van der Waals surface area contributed by atoms with Crippen LogP contribution in [0.2, 0.25) is 5.02 Å². The van der Waals surface area contributed by atoms with Crippen molar-refractivity contribution in [2.45, 2.75) is 19.7 Å². The third-order valence-electron chi connectivity index (χ3n) is 4.80. The Morgan fingerprint density at radius 3 is 2.48 bits per heavy atom. The van der Waals surface area contributed by atoms with Gasteiger partial charge in [-0.05, 0) is 37.3 Å². The molecule has 1 N–H and O–H groups in total. The van der Waals surface area contributed by atoms with Gasteiger partial charge in [0, 0.05) is 35.3 Å². The van der Waals surface area contributed by atoms with Gasteiger partial charge in [-0.25, -0.2) is 4.98 Å². The Balaban J connectivity index is 1.53. The minimum atomic E-state index is -4.48. The second kappa shape index (κ2) is 9.11. The van der Waals surface area contributed by atoms with Crippen LogP contribution in [0.5, 0.6) is 11.5 Å². The maximum absolute atomic E-state index is 12.7. The van der Waals surface area contributed by atoms with Gasteiger partial charge in [0.25, 0.3) is 0 Å². The number of H-pyrrole nitrogens is 1. The SMILES string of the molecule is COc1cc(OCc2ccc(C(F)(F)F)nc2)ccc1-c1nc(-c2ccc(Cl)cn2)[nH]c1C. The molecule has 0 aliphatic carbocycles. The number of aromatic amines is 1. The zero-order chi connectivity index (χ0) is 23.6. The lowest BCUT2D eigenvalue weighted by molar-refractivity contribution is -0.141. The van der Waals surface area contributed by atoms with Crippen LogP contribution in [0.25, 0.3) is 22.8 Å². The zero-order valence-corrected chi connectivity index (χ0v) is 18.3. The van der Waals surface area contributed by atoms with E-state index in [0.717, 1.165) is 23.5 Å². The van der Waals surface area contributed by atoms with Crippen LogP contribution in [0.4, 0.5) is 13.2 Å². The normalized spacial score (nSPS) is 11.5. The number of nitrogens with one attached hydrogen (secondary N) is 1. The van der Waals surface area contributed by atoms with Crippen molar-refractivity contribution in [2.24, 2.45) is 0 Å². The molecule has 0 radical (unpaired) electrons. The largest absolute Gasteiger partial charge is 0.496 e. The van der Waals surface area contributed by atoms with Crippen molar-refractivity contribution in [2.75, 3.05) is 7.11 Å². The standard InChI is InChI=1S/C23H18ClF3N4O2/c1-13-21(31-22(30-13)18-7-4-15(24)11-28-18)17-6-5-16(9-19(17)32-2)33-12-14-3-8-20(29-10-14)23(25,26)27/h3-11H,12H2,1-2H3,(H,30,31). The van der Waals surface area contributed by atoms with E-state index < -0.39 is 11.9 Å². The Morgan fingerprint density at radius 2 is 1.85 bits per heavy atom. The van der Waals surface area contributed by atoms with E-state index in [1.54, 1.807) is 36.5 Å². The number of nitrogens with zero attached hydrogens (tertiary/aromatic N) is 3. The van der Waals surface area contributed by atoms with Gasteiger partial charge >= 0.3 is 6.18 Å². The lowest BCUT2D eigenvalue weighted by Gasteiger charge is -2.12. The highest BCUT2D eigenvalue weighted by atomic mass is 35.5. The van der Waals surface area contributed by atoms with Gasteiger partial charge in [0.15, 0.2) is 5.82 Å². The van der Waals surface area contributed by atoms with E-state index in [1.807, 2.05) is 6.92 Å². The fraction of sp³-hybridized carbons (Fsp3) is 0.174. The van der Waals surface area contributed by atoms with Crippen LogP contribution in [0.15, 0.2) is 54.9 Å². The lowest BCUT2D eigenvalue weighted by atomic mass is 10.1. The molecule has 4 rings (SSSR count). The average Bonchev–Trinajstić information content (AvgIpc) is 3.19. The summed E-state index contributed by atoms with van der Waals surface area (Å²) in [6.07, 6.45) is -1.78. The Hall–Kier alpha value is -3.59. The van der Waals surface area contributed by atoms with Gasteiger partial charge in [-0.1, -0.05) is 17.7 Å². The lowest BCUT2D eigenvalue weighted by Crippen LogP contribution is -2.08. The number of hydrogen-bond donors (Lipinski definition) is 1. The van der Waals surface area contributed by atoms with Crippen LogP contribution in [-0.2, 0) is 12.8 Å². The summed E-state index contributed by atoms with van der Waals surface area (Å²) < 4.78 is 49.2.